The summed E-state index contributed by atoms with van der Waals surface area (Å²) in [5.74, 6) is 0.863. The van der Waals surface area contributed by atoms with E-state index in [0.29, 0.717) is 11.8 Å². The first-order valence-corrected chi connectivity index (χ1v) is 12.4. The molecule has 3 rings (SSSR count). The third kappa shape index (κ3) is 4.18. The Balaban J connectivity index is 2.22. The van der Waals surface area contributed by atoms with Gasteiger partial charge >= 0.3 is 0 Å². The van der Waals surface area contributed by atoms with E-state index >= 15 is 0 Å². The molecule has 1 nitrogen and oxygen atoms in total. The maximum atomic E-state index is 6.41. The van der Waals surface area contributed by atoms with Gasteiger partial charge in [0.05, 0.1) is 6.19 Å². The van der Waals surface area contributed by atoms with E-state index in [-0.39, 0.29) is 0 Å². The molecule has 1 N–H and O–H groups in total. The average molecular weight is 394 g/mol. The van der Waals surface area contributed by atoms with Crippen LogP contribution in [0.25, 0.3) is 0 Å². The molecule has 0 saturated heterocycles. The van der Waals surface area contributed by atoms with Gasteiger partial charge in [0.25, 0.3) is 0 Å². The van der Waals surface area contributed by atoms with Gasteiger partial charge in [-0.05, 0) is 23.0 Å². The molecule has 0 heterocycles. The molecule has 3 aromatic carbocycles. The first kappa shape index (κ1) is 19.9. The van der Waals surface area contributed by atoms with E-state index < -0.39 is 6.19 Å². The highest BCUT2D eigenvalue weighted by Gasteiger charge is 2.25. The van der Waals surface area contributed by atoms with Gasteiger partial charge in [-0.3, -0.25) is 0 Å². The molecule has 0 fully saturated rings. The minimum absolute atomic E-state index is 0.432. The average Bonchev–Trinajstić information content (AvgIpc) is 2.69. The molecule has 3 heteroatoms. The van der Waals surface area contributed by atoms with E-state index in [9.17, 15) is 0 Å². The van der Waals surface area contributed by atoms with Gasteiger partial charge < -0.3 is 5.09 Å². The van der Waals surface area contributed by atoms with Crippen LogP contribution < -0.4 is 15.7 Å². The third-order valence-corrected chi connectivity index (χ3v) is 9.01. The standard InChI is InChI=1S/C24H28NPS/c1-18(2)22-16-11-17-23(19(3)4)24(22)25-26(27,20-12-7-5-8-13-20)21-14-9-6-10-15-21/h5-19H,1-4H3,(H,25,27). The fraction of sp³-hybridized carbons (Fsp3) is 0.250. The molecule has 140 valence electrons. The quantitative estimate of drug-likeness (QED) is 0.487. The minimum Gasteiger partial charge on any atom is -0.350 e. The zero-order chi connectivity index (χ0) is 19.4. The minimum atomic E-state index is -2.20. The Morgan fingerprint density at radius 2 is 1.04 bits per heavy atom. The SMILES string of the molecule is CC(C)c1cccc(C(C)C)c1NP(=S)(c1ccccc1)c1ccccc1. The van der Waals surface area contributed by atoms with Crippen molar-refractivity contribution in [3.63, 3.8) is 0 Å². The number of rotatable bonds is 6. The second kappa shape index (κ2) is 8.42. The van der Waals surface area contributed by atoms with E-state index in [0.717, 1.165) is 0 Å². The maximum absolute atomic E-state index is 6.41. The number of para-hydroxylation sites is 1. The summed E-state index contributed by atoms with van der Waals surface area (Å²) < 4.78 is 0. The summed E-state index contributed by atoms with van der Waals surface area (Å²) >= 11 is 6.41. The normalized spacial score (nSPS) is 11.8. The van der Waals surface area contributed by atoms with E-state index in [2.05, 4.69) is 112 Å². The Kier molecular flexibility index (Phi) is 6.19. The van der Waals surface area contributed by atoms with Gasteiger partial charge in [0.2, 0.25) is 0 Å². The summed E-state index contributed by atoms with van der Waals surface area (Å²) in [6.07, 6.45) is -2.20. The molecule has 0 aliphatic carbocycles. The smallest absolute Gasteiger partial charge is 0.0903 e. The van der Waals surface area contributed by atoms with Gasteiger partial charge in [0.1, 0.15) is 0 Å². The van der Waals surface area contributed by atoms with Crippen LogP contribution in [0.5, 0.6) is 0 Å². The summed E-state index contributed by atoms with van der Waals surface area (Å²) in [5.41, 5.74) is 3.89. The zero-order valence-corrected chi connectivity index (χ0v) is 18.2. The fourth-order valence-electron chi connectivity index (χ4n) is 3.39. The first-order chi connectivity index (χ1) is 12.9. The lowest BCUT2D eigenvalue weighted by Crippen LogP contribution is -2.22. The molecule has 0 aliphatic rings. The Labute approximate surface area is 168 Å². The van der Waals surface area contributed by atoms with Crippen LogP contribution in [0.1, 0.15) is 50.7 Å². The third-order valence-electron chi connectivity index (χ3n) is 4.88. The Morgan fingerprint density at radius 1 is 0.630 bits per heavy atom. The second-order valence-electron chi connectivity index (χ2n) is 7.51. The van der Waals surface area contributed by atoms with Crippen molar-refractivity contribution in [2.75, 3.05) is 5.09 Å². The van der Waals surface area contributed by atoms with Gasteiger partial charge in [-0.2, -0.15) is 0 Å². The Morgan fingerprint density at radius 3 is 1.41 bits per heavy atom. The van der Waals surface area contributed by atoms with Crippen molar-refractivity contribution in [1.82, 2.24) is 0 Å². The van der Waals surface area contributed by atoms with Gasteiger partial charge in [0.15, 0.2) is 0 Å². The zero-order valence-electron chi connectivity index (χ0n) is 16.5. The molecule has 3 aromatic rings. The van der Waals surface area contributed by atoms with Crippen LogP contribution in [-0.2, 0) is 11.8 Å². The summed E-state index contributed by atoms with van der Waals surface area (Å²) in [6, 6.07) is 27.7. The summed E-state index contributed by atoms with van der Waals surface area (Å²) in [4.78, 5) is 0. The highest BCUT2D eigenvalue weighted by molar-refractivity contribution is 8.22. The number of hydrogen-bond acceptors (Lipinski definition) is 1. The number of hydrogen-bond donors (Lipinski definition) is 1. The van der Waals surface area contributed by atoms with Crippen molar-refractivity contribution in [1.29, 1.82) is 0 Å². The van der Waals surface area contributed by atoms with Gasteiger partial charge in [0, 0.05) is 16.3 Å². The summed E-state index contributed by atoms with van der Waals surface area (Å²) in [5, 5.41) is 6.30. The van der Waals surface area contributed by atoms with Crippen LogP contribution in [0.15, 0.2) is 78.9 Å². The van der Waals surface area contributed by atoms with E-state index in [1.807, 2.05) is 0 Å². The van der Waals surface area contributed by atoms with Crippen LogP contribution >= 0.6 is 6.19 Å². The largest absolute Gasteiger partial charge is 0.350 e. The van der Waals surface area contributed by atoms with Crippen molar-refractivity contribution in [3.8, 4) is 0 Å². The summed E-state index contributed by atoms with van der Waals surface area (Å²) in [6.45, 7) is 9.00. The van der Waals surface area contributed by atoms with E-state index in [4.69, 9.17) is 11.8 Å². The first-order valence-electron chi connectivity index (χ1n) is 9.56. The van der Waals surface area contributed by atoms with Gasteiger partial charge in [-0.1, -0.05) is 118 Å². The molecule has 0 bridgehead atoms. The molecular formula is C24H28NPS. The van der Waals surface area contributed by atoms with Crippen molar-refractivity contribution in [3.05, 3.63) is 90.0 Å². The Bertz CT molecular complexity index is 863. The molecule has 0 atom stereocenters. The van der Waals surface area contributed by atoms with Crippen LogP contribution in [0.3, 0.4) is 0 Å². The van der Waals surface area contributed by atoms with Crippen molar-refractivity contribution in [2.45, 2.75) is 39.5 Å². The van der Waals surface area contributed by atoms with Crippen molar-refractivity contribution < 1.29 is 0 Å². The molecule has 0 radical (unpaired) electrons. The lowest BCUT2D eigenvalue weighted by atomic mass is 9.93. The lowest BCUT2D eigenvalue weighted by molar-refractivity contribution is 0.840. The highest BCUT2D eigenvalue weighted by Crippen LogP contribution is 2.47. The number of benzene rings is 3. The predicted octanol–water partition coefficient (Wildman–Crippen LogP) is 6.39. The van der Waals surface area contributed by atoms with Crippen LogP contribution in [0.4, 0.5) is 5.69 Å². The Hall–Kier alpha value is -1.89. The number of anilines is 1. The molecule has 0 unspecified atom stereocenters. The molecule has 0 amide bonds. The monoisotopic (exact) mass is 393 g/mol. The second-order valence-corrected chi connectivity index (χ2v) is 11.6. The molecule has 0 saturated carbocycles. The fourth-order valence-corrected chi connectivity index (χ4v) is 6.71. The molecular weight excluding hydrogens is 365 g/mol. The van der Waals surface area contributed by atoms with E-state index in [1.54, 1.807) is 0 Å². The van der Waals surface area contributed by atoms with Crippen LogP contribution in [-0.4, -0.2) is 0 Å². The lowest BCUT2D eigenvalue weighted by Gasteiger charge is -2.30. The van der Waals surface area contributed by atoms with Crippen LogP contribution in [0, 0.1) is 0 Å². The van der Waals surface area contributed by atoms with Gasteiger partial charge in [-0.25, -0.2) is 0 Å². The van der Waals surface area contributed by atoms with Gasteiger partial charge in [-0.15, -0.1) is 0 Å². The molecule has 0 aliphatic heterocycles. The van der Waals surface area contributed by atoms with Crippen LogP contribution in [0.2, 0.25) is 0 Å². The summed E-state index contributed by atoms with van der Waals surface area (Å²) in [7, 11) is 0. The molecule has 0 aromatic heterocycles. The molecule has 27 heavy (non-hydrogen) atoms. The van der Waals surface area contributed by atoms with E-state index in [1.165, 1.54) is 27.4 Å². The number of nitrogens with one attached hydrogen (secondary N) is 1. The maximum Gasteiger partial charge on any atom is 0.0903 e. The highest BCUT2D eigenvalue weighted by atomic mass is 32.4. The predicted molar refractivity (Wildman–Crippen MR) is 125 cm³/mol. The van der Waals surface area contributed by atoms with Crippen molar-refractivity contribution >= 4 is 34.3 Å². The molecule has 0 spiro atoms. The topological polar surface area (TPSA) is 12.0 Å². The van der Waals surface area contributed by atoms with Crippen molar-refractivity contribution in [2.24, 2.45) is 0 Å².